The van der Waals surface area contributed by atoms with Gasteiger partial charge in [0.2, 0.25) is 0 Å². The Morgan fingerprint density at radius 3 is 2.88 bits per heavy atom. The smallest absolute Gasteiger partial charge is 0.310 e. The second kappa shape index (κ2) is 8.65. The molecule has 1 aromatic rings. The first-order valence-electron chi connectivity index (χ1n) is 8.92. The van der Waals surface area contributed by atoms with Crippen molar-refractivity contribution in [3.63, 3.8) is 0 Å². The van der Waals surface area contributed by atoms with Crippen LogP contribution >= 0.6 is 11.3 Å². The summed E-state index contributed by atoms with van der Waals surface area (Å²) in [6.07, 6.45) is 1.85. The van der Waals surface area contributed by atoms with E-state index < -0.39 is 0 Å². The number of hydrogen-bond donors (Lipinski definition) is 1. The second-order valence-electron chi connectivity index (χ2n) is 7.31. The maximum atomic E-state index is 12.0. The molecule has 0 radical (unpaired) electrons. The fraction of sp³-hybridized carbons (Fsp3) is 0.722. The van der Waals surface area contributed by atoms with Gasteiger partial charge in [-0.05, 0) is 19.8 Å². The van der Waals surface area contributed by atoms with Crippen molar-refractivity contribution >= 4 is 23.3 Å². The summed E-state index contributed by atoms with van der Waals surface area (Å²) in [4.78, 5) is 23.2. The highest BCUT2D eigenvalue weighted by Gasteiger charge is 2.28. The summed E-state index contributed by atoms with van der Waals surface area (Å²) in [7, 11) is 1.78. The van der Waals surface area contributed by atoms with Gasteiger partial charge < -0.3 is 15.0 Å². The van der Waals surface area contributed by atoms with Crippen LogP contribution in [-0.2, 0) is 21.5 Å². The lowest BCUT2D eigenvalue weighted by molar-refractivity contribution is -0.149. The molecule has 6 nitrogen and oxygen atoms in total. The lowest BCUT2D eigenvalue weighted by atomic mass is 9.93. The van der Waals surface area contributed by atoms with Crippen molar-refractivity contribution in [2.75, 3.05) is 26.7 Å². The Hall–Kier alpha value is -1.63. The monoisotopic (exact) mass is 366 g/mol. The summed E-state index contributed by atoms with van der Waals surface area (Å²) in [5.41, 5.74) is 1.18. The van der Waals surface area contributed by atoms with Gasteiger partial charge in [-0.3, -0.25) is 9.79 Å². The van der Waals surface area contributed by atoms with Gasteiger partial charge in [-0.25, -0.2) is 4.98 Å². The number of guanidine groups is 1. The van der Waals surface area contributed by atoms with Crippen molar-refractivity contribution in [1.29, 1.82) is 0 Å². The summed E-state index contributed by atoms with van der Waals surface area (Å²) in [6.45, 7) is 11.0. The first-order chi connectivity index (χ1) is 11.8. The van der Waals surface area contributed by atoms with E-state index in [1.807, 2.05) is 6.92 Å². The van der Waals surface area contributed by atoms with Crippen LogP contribution in [0.4, 0.5) is 0 Å². The van der Waals surface area contributed by atoms with Gasteiger partial charge in [0, 0.05) is 30.9 Å². The number of nitrogens with zero attached hydrogens (tertiary/aromatic N) is 3. The zero-order valence-corrected chi connectivity index (χ0v) is 16.8. The molecule has 1 aliphatic rings. The topological polar surface area (TPSA) is 66.8 Å². The molecule has 140 valence electrons. The Labute approximate surface area is 154 Å². The summed E-state index contributed by atoms with van der Waals surface area (Å²) >= 11 is 1.67. The van der Waals surface area contributed by atoms with Gasteiger partial charge in [0.1, 0.15) is 5.01 Å². The van der Waals surface area contributed by atoms with Crippen LogP contribution in [0.2, 0.25) is 0 Å². The molecule has 0 bridgehead atoms. The van der Waals surface area contributed by atoms with Crippen molar-refractivity contribution in [3.8, 4) is 0 Å². The molecule has 0 saturated carbocycles. The molecule has 1 aromatic heterocycles. The minimum atomic E-state index is -0.0996. The van der Waals surface area contributed by atoms with Gasteiger partial charge in [-0.2, -0.15) is 0 Å². The van der Waals surface area contributed by atoms with E-state index in [9.17, 15) is 4.79 Å². The van der Waals surface area contributed by atoms with E-state index in [-0.39, 0.29) is 17.3 Å². The molecule has 1 N–H and O–H groups in total. The third-order valence-electron chi connectivity index (χ3n) is 4.27. The van der Waals surface area contributed by atoms with Crippen LogP contribution in [0.5, 0.6) is 0 Å². The number of ether oxygens (including phenoxy) is 1. The molecule has 7 heteroatoms. The Balaban J connectivity index is 1.93. The third kappa shape index (κ3) is 5.42. The maximum absolute atomic E-state index is 12.0. The first-order valence-corrected chi connectivity index (χ1v) is 9.80. The molecular formula is C18H30N4O2S. The van der Waals surface area contributed by atoms with E-state index in [0.717, 1.165) is 36.0 Å². The second-order valence-corrected chi connectivity index (χ2v) is 8.26. The van der Waals surface area contributed by atoms with Crippen LogP contribution < -0.4 is 5.32 Å². The fourth-order valence-corrected chi connectivity index (χ4v) is 3.81. The number of carbonyl (C=O) groups excluding carboxylic acids is 1. The van der Waals surface area contributed by atoms with Crippen LogP contribution in [0.15, 0.2) is 10.4 Å². The quantitative estimate of drug-likeness (QED) is 0.504. The van der Waals surface area contributed by atoms with Crippen LogP contribution in [-0.4, -0.2) is 48.6 Å². The number of aromatic nitrogens is 1. The molecule has 0 spiro atoms. The number of thiazole rings is 1. The SMILES string of the molecule is CCOC(=O)C1CCCN(C(=NC)NCc2nc(C(C)(C)C)cs2)C1. The van der Waals surface area contributed by atoms with Gasteiger partial charge in [-0.15, -0.1) is 11.3 Å². The molecule has 1 atom stereocenters. The summed E-state index contributed by atoms with van der Waals surface area (Å²) in [5, 5.41) is 6.55. The van der Waals surface area contributed by atoms with E-state index >= 15 is 0 Å². The number of esters is 1. The summed E-state index contributed by atoms with van der Waals surface area (Å²) in [5.74, 6) is 0.651. The molecule has 1 unspecified atom stereocenters. The molecule has 2 rings (SSSR count). The Kier molecular flexibility index (Phi) is 6.81. The number of hydrogen-bond acceptors (Lipinski definition) is 5. The molecule has 1 aliphatic heterocycles. The molecule has 0 aliphatic carbocycles. The molecule has 0 amide bonds. The lowest BCUT2D eigenvalue weighted by Crippen LogP contribution is -2.48. The largest absolute Gasteiger partial charge is 0.466 e. The van der Waals surface area contributed by atoms with E-state index in [1.165, 1.54) is 0 Å². The van der Waals surface area contributed by atoms with Gasteiger partial charge in [0.15, 0.2) is 5.96 Å². The molecule has 1 fully saturated rings. The van der Waals surface area contributed by atoms with Gasteiger partial charge in [0.05, 0.1) is 24.8 Å². The molecule has 2 heterocycles. The fourth-order valence-electron chi connectivity index (χ4n) is 2.85. The normalized spacial score (nSPS) is 19.0. The minimum Gasteiger partial charge on any atom is -0.466 e. The lowest BCUT2D eigenvalue weighted by Gasteiger charge is -2.33. The summed E-state index contributed by atoms with van der Waals surface area (Å²) < 4.78 is 5.17. The van der Waals surface area contributed by atoms with E-state index in [0.29, 0.717) is 19.7 Å². The Morgan fingerprint density at radius 1 is 1.52 bits per heavy atom. The van der Waals surface area contributed by atoms with Crippen molar-refractivity contribution in [1.82, 2.24) is 15.2 Å². The van der Waals surface area contributed by atoms with Crippen LogP contribution in [0.1, 0.15) is 51.2 Å². The van der Waals surface area contributed by atoms with Crippen molar-refractivity contribution in [2.45, 2.75) is 52.5 Å². The van der Waals surface area contributed by atoms with Crippen LogP contribution in [0, 0.1) is 5.92 Å². The highest BCUT2D eigenvalue weighted by Crippen LogP contribution is 2.24. The third-order valence-corrected chi connectivity index (χ3v) is 5.12. The predicted octanol–water partition coefficient (Wildman–Crippen LogP) is 2.79. The van der Waals surface area contributed by atoms with Crippen molar-refractivity contribution < 1.29 is 9.53 Å². The average Bonchev–Trinajstić information content (AvgIpc) is 3.05. The number of nitrogens with one attached hydrogen (secondary N) is 1. The predicted molar refractivity (Wildman–Crippen MR) is 102 cm³/mol. The van der Waals surface area contributed by atoms with Crippen molar-refractivity contribution in [2.24, 2.45) is 10.9 Å². The number of piperidine rings is 1. The highest BCUT2D eigenvalue weighted by atomic mass is 32.1. The maximum Gasteiger partial charge on any atom is 0.310 e. The first kappa shape index (κ1) is 19.7. The van der Waals surface area contributed by atoms with Gasteiger partial charge >= 0.3 is 5.97 Å². The Morgan fingerprint density at radius 2 is 2.28 bits per heavy atom. The summed E-state index contributed by atoms with van der Waals surface area (Å²) in [6, 6.07) is 0. The Bertz CT molecular complexity index is 606. The average molecular weight is 367 g/mol. The molecule has 1 saturated heterocycles. The van der Waals surface area contributed by atoms with E-state index in [1.54, 1.807) is 18.4 Å². The van der Waals surface area contributed by atoms with Crippen LogP contribution in [0.3, 0.4) is 0 Å². The minimum absolute atomic E-state index is 0.0656. The molecular weight excluding hydrogens is 336 g/mol. The standard InChI is InChI=1S/C18H30N4O2S/c1-6-24-16(23)13-8-7-9-22(11-13)17(19-5)20-10-15-21-14(12-25-15)18(2,3)4/h12-13H,6-11H2,1-5H3,(H,19,20). The number of likely N-dealkylation sites (tertiary alicyclic amines) is 1. The number of carbonyl (C=O) groups is 1. The van der Waals surface area contributed by atoms with E-state index in [2.05, 4.69) is 41.4 Å². The molecule has 0 aromatic carbocycles. The zero-order chi connectivity index (χ0) is 18.4. The number of rotatable bonds is 4. The van der Waals surface area contributed by atoms with Crippen LogP contribution in [0.25, 0.3) is 0 Å². The zero-order valence-electron chi connectivity index (χ0n) is 16.0. The number of aliphatic imine (C=N–C) groups is 1. The van der Waals surface area contributed by atoms with Gasteiger partial charge in [-0.1, -0.05) is 20.8 Å². The molecule has 25 heavy (non-hydrogen) atoms. The van der Waals surface area contributed by atoms with Crippen molar-refractivity contribution in [3.05, 3.63) is 16.1 Å². The van der Waals surface area contributed by atoms with Gasteiger partial charge in [0.25, 0.3) is 0 Å². The van der Waals surface area contributed by atoms with E-state index in [4.69, 9.17) is 9.72 Å². The highest BCUT2D eigenvalue weighted by molar-refractivity contribution is 7.09.